The Morgan fingerprint density at radius 1 is 1.37 bits per heavy atom. The van der Waals surface area contributed by atoms with Gasteiger partial charge in [0.25, 0.3) is 0 Å². The predicted octanol–water partition coefficient (Wildman–Crippen LogP) is -0.150. The van der Waals surface area contributed by atoms with Gasteiger partial charge in [-0.2, -0.15) is 0 Å². The van der Waals surface area contributed by atoms with Crippen molar-refractivity contribution in [3.63, 3.8) is 0 Å². The molecule has 0 bridgehead atoms. The highest BCUT2D eigenvalue weighted by molar-refractivity contribution is 6.33. The minimum Gasteiger partial charge on any atom is -0.509 e. The molecule has 0 aliphatic rings. The molecule has 0 aliphatic carbocycles. The summed E-state index contributed by atoms with van der Waals surface area (Å²) in [6, 6.07) is 0. The number of nitrogens with one attached hydrogen (secondary N) is 1. The van der Waals surface area contributed by atoms with Crippen LogP contribution in [0, 0.1) is 0 Å². The van der Waals surface area contributed by atoms with Crippen molar-refractivity contribution in [2.24, 2.45) is 0 Å². The molecule has 104 valence electrons. The van der Waals surface area contributed by atoms with Crippen molar-refractivity contribution in [1.29, 1.82) is 0 Å². The molecule has 0 unspecified atom stereocenters. The molecule has 3 N–H and O–H groups in total. The summed E-state index contributed by atoms with van der Waals surface area (Å²) in [4.78, 5) is 19.1. The van der Waals surface area contributed by atoms with Crippen LogP contribution in [0.1, 0.15) is 26.6 Å². The van der Waals surface area contributed by atoms with Crippen LogP contribution in [-0.4, -0.2) is 39.0 Å². The van der Waals surface area contributed by atoms with Crippen molar-refractivity contribution in [3.8, 4) is 5.75 Å². The van der Waals surface area contributed by atoms with E-state index in [2.05, 4.69) is 19.9 Å². The molecule has 0 fully saturated rings. The van der Waals surface area contributed by atoms with Gasteiger partial charge in [-0.3, -0.25) is 0 Å². The molecule has 0 spiro atoms. The predicted molar refractivity (Wildman–Crippen MR) is 65.9 cm³/mol. The lowest BCUT2D eigenvalue weighted by Crippen LogP contribution is -2.32. The molecular formula is C10H16BN3O5. The normalized spacial score (nSPS) is 10.8. The lowest BCUT2D eigenvalue weighted by molar-refractivity contribution is 0.0522. The molecule has 9 heteroatoms. The van der Waals surface area contributed by atoms with Crippen molar-refractivity contribution in [2.75, 3.05) is 0 Å². The third-order valence-corrected chi connectivity index (χ3v) is 1.71. The quantitative estimate of drug-likeness (QED) is 0.651. The highest BCUT2D eigenvalue weighted by Gasteiger charge is 2.16. The van der Waals surface area contributed by atoms with E-state index in [1.807, 2.05) is 0 Å². The summed E-state index contributed by atoms with van der Waals surface area (Å²) >= 11 is 0. The van der Waals surface area contributed by atoms with Crippen LogP contribution in [0.4, 0.5) is 4.79 Å². The molecule has 1 aromatic heterocycles. The summed E-state index contributed by atoms with van der Waals surface area (Å²) in [6.45, 7) is 5.37. The van der Waals surface area contributed by atoms with E-state index >= 15 is 0 Å². The van der Waals surface area contributed by atoms with Crippen LogP contribution in [0.5, 0.6) is 5.75 Å². The number of hydrogen-bond acceptors (Lipinski definition) is 7. The molecular weight excluding hydrogens is 253 g/mol. The zero-order chi connectivity index (χ0) is 14.5. The smallest absolute Gasteiger partial charge is 0.509 e. The first-order valence-electron chi connectivity index (χ1n) is 5.57. The fourth-order valence-electron chi connectivity index (χ4n) is 1.08. The minimum absolute atomic E-state index is 0.0941. The summed E-state index contributed by atoms with van der Waals surface area (Å²) in [5, 5.41) is 19.6. The zero-order valence-electron chi connectivity index (χ0n) is 11.0. The zero-order valence-corrected chi connectivity index (χ0v) is 11.0. The Balaban J connectivity index is 2.44. The Kier molecular flexibility index (Phi) is 5.07. The number of hydrogen-bond donors (Lipinski definition) is 3. The number of amides is 1. The Bertz CT molecular complexity index is 418. The second kappa shape index (κ2) is 6.35. The Morgan fingerprint density at radius 3 is 2.42 bits per heavy atom. The van der Waals surface area contributed by atoms with E-state index < -0.39 is 19.0 Å². The number of carbonyl (C=O) groups excluding carboxylic acids is 1. The topological polar surface area (TPSA) is 114 Å². The first kappa shape index (κ1) is 15.2. The van der Waals surface area contributed by atoms with E-state index in [9.17, 15) is 4.79 Å². The number of carbonyl (C=O) groups is 1. The van der Waals surface area contributed by atoms with Crippen LogP contribution in [0.15, 0.2) is 12.4 Å². The van der Waals surface area contributed by atoms with Gasteiger partial charge in [0.1, 0.15) is 17.2 Å². The van der Waals surface area contributed by atoms with E-state index in [0.29, 0.717) is 5.82 Å². The van der Waals surface area contributed by atoms with Gasteiger partial charge in [0.05, 0.1) is 18.9 Å². The molecule has 8 nitrogen and oxygen atoms in total. The summed E-state index contributed by atoms with van der Waals surface area (Å²) in [7, 11) is -1.92. The van der Waals surface area contributed by atoms with E-state index in [4.69, 9.17) is 14.8 Å². The third-order valence-electron chi connectivity index (χ3n) is 1.71. The van der Waals surface area contributed by atoms with Crippen LogP contribution in [0.25, 0.3) is 0 Å². The standard InChI is InChI=1S/C10H16BN3O5/c1-10(2,3)18-9(15)14-6-8-12-4-7(5-13-8)19-11(16)17/h4-5,16-17H,6H2,1-3H3,(H,14,15). The Hall–Kier alpha value is -1.87. The summed E-state index contributed by atoms with van der Waals surface area (Å²) < 4.78 is 9.57. The molecule has 0 saturated heterocycles. The van der Waals surface area contributed by atoms with Crippen LogP contribution in [0.3, 0.4) is 0 Å². The summed E-state index contributed by atoms with van der Waals surface area (Å²) in [5.41, 5.74) is -0.570. The van der Waals surface area contributed by atoms with Gasteiger partial charge in [-0.15, -0.1) is 0 Å². The van der Waals surface area contributed by atoms with Crippen LogP contribution >= 0.6 is 0 Å². The van der Waals surface area contributed by atoms with Crippen LogP contribution in [0.2, 0.25) is 0 Å². The number of aromatic nitrogens is 2. The monoisotopic (exact) mass is 269 g/mol. The van der Waals surface area contributed by atoms with Crippen molar-refractivity contribution in [1.82, 2.24) is 15.3 Å². The van der Waals surface area contributed by atoms with E-state index in [1.165, 1.54) is 12.4 Å². The molecule has 1 heterocycles. The molecule has 0 saturated carbocycles. The van der Waals surface area contributed by atoms with Gasteiger partial charge in [0, 0.05) is 0 Å². The number of ether oxygens (including phenoxy) is 1. The highest BCUT2D eigenvalue weighted by atomic mass is 16.6. The molecule has 1 aromatic rings. The van der Waals surface area contributed by atoms with Crippen molar-refractivity contribution < 1.29 is 24.2 Å². The average molecular weight is 269 g/mol. The number of rotatable bonds is 4. The van der Waals surface area contributed by atoms with E-state index in [1.54, 1.807) is 20.8 Å². The maximum Gasteiger partial charge on any atom is 0.707 e. The van der Waals surface area contributed by atoms with Gasteiger partial charge < -0.3 is 24.8 Å². The fraction of sp³-hybridized carbons (Fsp3) is 0.500. The van der Waals surface area contributed by atoms with Gasteiger partial charge in [-0.25, -0.2) is 14.8 Å². The number of alkyl carbamates (subject to hydrolysis) is 1. The third kappa shape index (κ3) is 6.58. The molecule has 1 rings (SSSR count). The van der Waals surface area contributed by atoms with Gasteiger partial charge in [0.2, 0.25) is 0 Å². The van der Waals surface area contributed by atoms with E-state index in [-0.39, 0.29) is 12.3 Å². The molecule has 0 aromatic carbocycles. The lowest BCUT2D eigenvalue weighted by atomic mass is 10.2. The van der Waals surface area contributed by atoms with Crippen molar-refractivity contribution >= 4 is 13.4 Å². The highest BCUT2D eigenvalue weighted by Crippen LogP contribution is 2.08. The maximum absolute atomic E-state index is 11.4. The van der Waals surface area contributed by atoms with Gasteiger partial charge in [-0.05, 0) is 20.8 Å². The lowest BCUT2D eigenvalue weighted by Gasteiger charge is -2.19. The molecule has 19 heavy (non-hydrogen) atoms. The SMILES string of the molecule is CC(C)(C)OC(=O)NCc1ncc(OB(O)O)cn1. The molecule has 0 atom stereocenters. The minimum atomic E-state index is -1.92. The molecule has 1 amide bonds. The van der Waals surface area contributed by atoms with Crippen LogP contribution < -0.4 is 9.97 Å². The second-order valence-electron chi connectivity index (χ2n) is 4.63. The van der Waals surface area contributed by atoms with Crippen LogP contribution in [-0.2, 0) is 11.3 Å². The van der Waals surface area contributed by atoms with E-state index in [0.717, 1.165) is 0 Å². The van der Waals surface area contributed by atoms with Gasteiger partial charge >= 0.3 is 13.4 Å². The summed E-state index contributed by atoms with van der Waals surface area (Å²) in [6.07, 6.45) is 1.96. The largest absolute Gasteiger partial charge is 0.707 e. The average Bonchev–Trinajstić information content (AvgIpc) is 2.25. The summed E-state index contributed by atoms with van der Waals surface area (Å²) in [5.74, 6) is 0.446. The second-order valence-corrected chi connectivity index (χ2v) is 4.63. The van der Waals surface area contributed by atoms with Crippen molar-refractivity contribution in [3.05, 3.63) is 18.2 Å². The number of nitrogens with zero attached hydrogens (tertiary/aromatic N) is 2. The first-order valence-corrected chi connectivity index (χ1v) is 5.57. The Morgan fingerprint density at radius 2 is 1.95 bits per heavy atom. The molecule has 0 aliphatic heterocycles. The first-order chi connectivity index (χ1) is 8.76. The van der Waals surface area contributed by atoms with Crippen molar-refractivity contribution in [2.45, 2.75) is 32.9 Å². The van der Waals surface area contributed by atoms with Gasteiger partial charge in [0.15, 0.2) is 0 Å². The van der Waals surface area contributed by atoms with Gasteiger partial charge in [-0.1, -0.05) is 0 Å². The molecule has 0 radical (unpaired) electrons. The fourth-order valence-corrected chi connectivity index (χ4v) is 1.08. The maximum atomic E-state index is 11.4. The Labute approximate surface area is 111 Å².